The van der Waals surface area contributed by atoms with Crippen molar-refractivity contribution >= 4 is 11.5 Å². The molecule has 0 aliphatic carbocycles. The molecule has 104 valence electrons. The number of nitrogens with one attached hydrogen (secondary N) is 1. The Hall–Kier alpha value is -1.69. The Balaban J connectivity index is 1.89. The number of likely N-dealkylation sites (tertiary alicyclic amines) is 1. The summed E-state index contributed by atoms with van der Waals surface area (Å²) in [6, 6.07) is 1.74. The van der Waals surface area contributed by atoms with Crippen LogP contribution in [0, 0.1) is 23.0 Å². The van der Waals surface area contributed by atoms with Crippen molar-refractivity contribution in [3.05, 3.63) is 27.9 Å². The van der Waals surface area contributed by atoms with Crippen LogP contribution in [0.1, 0.15) is 18.4 Å². The van der Waals surface area contributed by atoms with E-state index >= 15 is 0 Å². The summed E-state index contributed by atoms with van der Waals surface area (Å²) in [6.07, 6.45) is 3.71. The molecule has 6 heteroatoms. The van der Waals surface area contributed by atoms with Crippen molar-refractivity contribution in [2.75, 3.05) is 32.0 Å². The minimum absolute atomic E-state index is 0.0739. The van der Waals surface area contributed by atoms with Gasteiger partial charge >= 0.3 is 0 Å². The second-order valence-corrected chi connectivity index (χ2v) is 5.24. The number of rotatable bonds is 4. The zero-order valence-electron chi connectivity index (χ0n) is 11.4. The number of aromatic nitrogens is 1. The van der Waals surface area contributed by atoms with E-state index < -0.39 is 4.92 Å². The second kappa shape index (κ2) is 5.97. The van der Waals surface area contributed by atoms with E-state index in [0.717, 1.165) is 25.5 Å². The number of hydrogen-bond acceptors (Lipinski definition) is 5. The molecule has 0 aromatic carbocycles. The van der Waals surface area contributed by atoms with Crippen molar-refractivity contribution in [3.8, 4) is 0 Å². The van der Waals surface area contributed by atoms with Gasteiger partial charge < -0.3 is 10.2 Å². The van der Waals surface area contributed by atoms with E-state index in [2.05, 4.69) is 22.2 Å². The first kappa shape index (κ1) is 13.7. The van der Waals surface area contributed by atoms with Crippen molar-refractivity contribution < 1.29 is 4.92 Å². The van der Waals surface area contributed by atoms with Gasteiger partial charge in [0.05, 0.1) is 4.92 Å². The summed E-state index contributed by atoms with van der Waals surface area (Å²) in [4.78, 5) is 16.7. The summed E-state index contributed by atoms with van der Waals surface area (Å²) in [5, 5.41) is 14.0. The maximum Gasteiger partial charge on any atom is 0.290 e. The molecule has 0 saturated carbocycles. The summed E-state index contributed by atoms with van der Waals surface area (Å²) < 4.78 is 0. The molecule has 1 N–H and O–H groups in total. The summed E-state index contributed by atoms with van der Waals surface area (Å²) in [5.74, 6) is 1.38. The van der Waals surface area contributed by atoms with Gasteiger partial charge in [0.2, 0.25) is 0 Å². The smallest absolute Gasteiger partial charge is 0.290 e. The number of hydrogen-bond donors (Lipinski definition) is 1. The Morgan fingerprint density at radius 3 is 2.79 bits per heavy atom. The molecular weight excluding hydrogens is 244 g/mol. The molecule has 0 spiro atoms. The molecule has 6 nitrogen and oxygen atoms in total. The lowest BCUT2D eigenvalue weighted by molar-refractivity contribution is -0.385. The van der Waals surface area contributed by atoms with Gasteiger partial charge in [0, 0.05) is 12.1 Å². The average molecular weight is 264 g/mol. The van der Waals surface area contributed by atoms with Crippen molar-refractivity contribution in [2.24, 2.45) is 5.92 Å². The van der Waals surface area contributed by atoms with Crippen molar-refractivity contribution in [1.82, 2.24) is 9.88 Å². The van der Waals surface area contributed by atoms with E-state index in [-0.39, 0.29) is 5.69 Å². The topological polar surface area (TPSA) is 71.3 Å². The van der Waals surface area contributed by atoms with Gasteiger partial charge in [0.25, 0.3) is 5.69 Å². The van der Waals surface area contributed by atoms with Gasteiger partial charge in [-0.1, -0.05) is 0 Å². The number of anilines is 1. The molecule has 1 fully saturated rings. The van der Waals surface area contributed by atoms with Crippen LogP contribution in [0.3, 0.4) is 0 Å². The lowest BCUT2D eigenvalue weighted by Gasteiger charge is -2.29. The maximum absolute atomic E-state index is 10.7. The minimum Gasteiger partial charge on any atom is -0.370 e. The fourth-order valence-electron chi connectivity index (χ4n) is 2.35. The highest BCUT2D eigenvalue weighted by molar-refractivity contribution is 5.46. The summed E-state index contributed by atoms with van der Waals surface area (Å²) >= 11 is 0. The zero-order valence-corrected chi connectivity index (χ0v) is 11.4. The van der Waals surface area contributed by atoms with Gasteiger partial charge in [0.15, 0.2) is 0 Å². The number of piperidine rings is 1. The molecule has 0 bridgehead atoms. The normalized spacial score (nSPS) is 17.4. The van der Waals surface area contributed by atoms with Crippen LogP contribution in [0.25, 0.3) is 0 Å². The zero-order chi connectivity index (χ0) is 13.8. The third kappa shape index (κ3) is 3.64. The van der Waals surface area contributed by atoms with Crippen molar-refractivity contribution in [2.45, 2.75) is 19.8 Å². The predicted octanol–water partition coefficient (Wildman–Crippen LogP) is 2.05. The molecule has 0 radical (unpaired) electrons. The van der Waals surface area contributed by atoms with Gasteiger partial charge in [-0.25, -0.2) is 4.98 Å². The molecule has 1 aliphatic heterocycles. The van der Waals surface area contributed by atoms with Crippen LogP contribution >= 0.6 is 0 Å². The lowest BCUT2D eigenvalue weighted by Crippen LogP contribution is -2.33. The molecule has 1 saturated heterocycles. The molecule has 1 aliphatic rings. The van der Waals surface area contributed by atoms with Gasteiger partial charge in [0.1, 0.15) is 12.0 Å². The molecule has 1 aromatic heterocycles. The van der Waals surface area contributed by atoms with Crippen molar-refractivity contribution in [1.29, 1.82) is 0 Å². The van der Waals surface area contributed by atoms with Crippen LogP contribution in [-0.4, -0.2) is 41.5 Å². The fraction of sp³-hybridized carbons (Fsp3) is 0.615. The van der Waals surface area contributed by atoms with Gasteiger partial charge in [-0.3, -0.25) is 10.1 Å². The van der Waals surface area contributed by atoms with Crippen LogP contribution < -0.4 is 5.32 Å². The molecule has 1 aromatic rings. The summed E-state index contributed by atoms with van der Waals surface area (Å²) in [7, 11) is 2.14. The van der Waals surface area contributed by atoms with E-state index in [1.807, 2.05) is 0 Å². The van der Waals surface area contributed by atoms with Crippen LogP contribution in [0.15, 0.2) is 12.3 Å². The van der Waals surface area contributed by atoms with E-state index in [1.165, 1.54) is 19.0 Å². The van der Waals surface area contributed by atoms with Crippen LogP contribution in [0.4, 0.5) is 11.5 Å². The van der Waals surface area contributed by atoms with Crippen molar-refractivity contribution in [3.63, 3.8) is 0 Å². The Labute approximate surface area is 113 Å². The van der Waals surface area contributed by atoms with E-state index in [1.54, 1.807) is 13.0 Å². The molecule has 2 rings (SSSR count). The molecular formula is C13H20N4O2. The number of pyridine rings is 1. The Morgan fingerprint density at radius 1 is 1.53 bits per heavy atom. The third-order valence-electron chi connectivity index (χ3n) is 3.69. The molecule has 0 atom stereocenters. The first-order valence-corrected chi connectivity index (χ1v) is 6.59. The molecule has 2 heterocycles. The summed E-state index contributed by atoms with van der Waals surface area (Å²) in [6.45, 7) is 4.90. The first-order chi connectivity index (χ1) is 9.06. The van der Waals surface area contributed by atoms with Gasteiger partial charge in [-0.15, -0.1) is 0 Å². The van der Waals surface area contributed by atoms with E-state index in [0.29, 0.717) is 11.5 Å². The third-order valence-corrected chi connectivity index (χ3v) is 3.69. The number of nitrogens with zero attached hydrogens (tertiary/aromatic N) is 3. The van der Waals surface area contributed by atoms with Crippen LogP contribution in [0.5, 0.6) is 0 Å². The average Bonchev–Trinajstić information content (AvgIpc) is 2.37. The van der Waals surface area contributed by atoms with Crippen LogP contribution in [-0.2, 0) is 0 Å². The minimum atomic E-state index is -0.400. The quantitative estimate of drug-likeness (QED) is 0.665. The first-order valence-electron chi connectivity index (χ1n) is 6.59. The van der Waals surface area contributed by atoms with Crippen LogP contribution in [0.2, 0.25) is 0 Å². The maximum atomic E-state index is 10.7. The number of aryl methyl sites for hydroxylation is 1. The predicted molar refractivity (Wildman–Crippen MR) is 74.3 cm³/mol. The second-order valence-electron chi connectivity index (χ2n) is 5.24. The van der Waals surface area contributed by atoms with E-state index in [9.17, 15) is 10.1 Å². The Bertz CT molecular complexity index is 456. The van der Waals surface area contributed by atoms with E-state index in [4.69, 9.17) is 0 Å². The Morgan fingerprint density at radius 2 is 2.21 bits per heavy atom. The van der Waals surface area contributed by atoms with Gasteiger partial charge in [-0.2, -0.15) is 0 Å². The fourth-order valence-corrected chi connectivity index (χ4v) is 2.35. The molecule has 0 unspecified atom stereocenters. The SMILES string of the molecule is Cc1cc(NCC2CCN(C)CC2)ncc1[N+](=O)[O-]. The van der Waals surface area contributed by atoms with Gasteiger partial charge in [-0.05, 0) is 51.9 Å². The molecule has 0 amide bonds. The standard InChI is InChI=1S/C13H20N4O2/c1-10-7-13(15-9-12(10)17(18)19)14-8-11-3-5-16(2)6-4-11/h7,9,11H,3-6,8H2,1-2H3,(H,14,15). The highest BCUT2D eigenvalue weighted by Gasteiger charge is 2.17. The largest absolute Gasteiger partial charge is 0.370 e. The Kier molecular flexibility index (Phi) is 4.31. The highest BCUT2D eigenvalue weighted by atomic mass is 16.6. The highest BCUT2D eigenvalue weighted by Crippen LogP contribution is 2.20. The summed E-state index contributed by atoms with van der Waals surface area (Å²) in [5.41, 5.74) is 0.718. The number of nitro groups is 1. The molecule has 19 heavy (non-hydrogen) atoms. The lowest BCUT2D eigenvalue weighted by atomic mass is 9.97. The monoisotopic (exact) mass is 264 g/mol.